The van der Waals surface area contributed by atoms with Crippen molar-refractivity contribution in [2.45, 2.75) is 18.9 Å². The van der Waals surface area contributed by atoms with Crippen molar-refractivity contribution in [1.29, 1.82) is 0 Å². The normalized spacial score (nSPS) is 17.0. The molecule has 0 spiro atoms. The van der Waals surface area contributed by atoms with Crippen molar-refractivity contribution in [3.63, 3.8) is 0 Å². The minimum atomic E-state index is -0.0891. The molecule has 1 aliphatic heterocycles. The fourth-order valence-corrected chi connectivity index (χ4v) is 1.25. The van der Waals surface area contributed by atoms with E-state index in [-0.39, 0.29) is 6.10 Å². The Labute approximate surface area is 89.5 Å². The van der Waals surface area contributed by atoms with E-state index in [0.717, 1.165) is 31.1 Å². The van der Waals surface area contributed by atoms with Crippen LogP contribution in [0.15, 0.2) is 30.3 Å². The Kier molecular flexibility index (Phi) is 5.60. The Bertz CT molecular complexity index is 232. The molecule has 1 saturated heterocycles. The Balaban J connectivity index is 0.000000140. The largest absolute Gasteiger partial charge is 0.393 e. The van der Waals surface area contributed by atoms with Gasteiger partial charge in [0.25, 0.3) is 0 Å². The van der Waals surface area contributed by atoms with Crippen LogP contribution in [0.2, 0.25) is 5.02 Å². The molecule has 0 aromatic heterocycles. The van der Waals surface area contributed by atoms with Crippen LogP contribution in [0, 0.1) is 0 Å². The van der Waals surface area contributed by atoms with E-state index in [4.69, 9.17) is 21.4 Å². The van der Waals surface area contributed by atoms with Crippen LogP contribution in [0.5, 0.6) is 0 Å². The van der Waals surface area contributed by atoms with Gasteiger partial charge in [-0.15, -0.1) is 0 Å². The summed E-state index contributed by atoms with van der Waals surface area (Å²) in [5.41, 5.74) is 0. The Morgan fingerprint density at radius 2 is 1.71 bits per heavy atom. The standard InChI is InChI=1S/C6H5Cl.C5H10O2/c7-6-4-2-1-3-5-6;6-5-1-3-7-4-2-5/h1-5H;5-6H,1-4H2. The maximum Gasteiger partial charge on any atom is 0.0584 e. The molecule has 1 aromatic carbocycles. The number of ether oxygens (including phenoxy) is 1. The molecule has 0 amide bonds. The molecule has 1 N–H and O–H groups in total. The first kappa shape index (κ1) is 11.5. The minimum absolute atomic E-state index is 0.0891. The van der Waals surface area contributed by atoms with Crippen LogP contribution in [0.3, 0.4) is 0 Å². The first-order valence-electron chi connectivity index (χ1n) is 4.75. The van der Waals surface area contributed by atoms with E-state index >= 15 is 0 Å². The zero-order valence-corrected chi connectivity index (χ0v) is 8.78. The maximum absolute atomic E-state index is 8.83. The molecule has 78 valence electrons. The van der Waals surface area contributed by atoms with Crippen LogP contribution in [-0.2, 0) is 4.74 Å². The zero-order chi connectivity index (χ0) is 10.2. The molecule has 3 heteroatoms. The number of rotatable bonds is 0. The molecule has 1 aromatic rings. The first-order valence-corrected chi connectivity index (χ1v) is 5.13. The SMILES string of the molecule is Clc1ccccc1.OC1CCOCC1. The van der Waals surface area contributed by atoms with Crippen molar-refractivity contribution in [2.75, 3.05) is 13.2 Å². The van der Waals surface area contributed by atoms with Gasteiger partial charge in [-0.1, -0.05) is 29.8 Å². The maximum atomic E-state index is 8.83. The number of hydrogen-bond acceptors (Lipinski definition) is 2. The first-order chi connectivity index (χ1) is 6.79. The topological polar surface area (TPSA) is 29.5 Å². The van der Waals surface area contributed by atoms with Crippen LogP contribution in [0.25, 0.3) is 0 Å². The Morgan fingerprint density at radius 1 is 1.14 bits per heavy atom. The van der Waals surface area contributed by atoms with Gasteiger partial charge in [0.1, 0.15) is 0 Å². The van der Waals surface area contributed by atoms with Crippen molar-refractivity contribution in [2.24, 2.45) is 0 Å². The summed E-state index contributed by atoms with van der Waals surface area (Å²) in [5.74, 6) is 0. The van der Waals surface area contributed by atoms with E-state index in [0.29, 0.717) is 0 Å². The van der Waals surface area contributed by atoms with Crippen LogP contribution in [0.4, 0.5) is 0 Å². The molecule has 1 fully saturated rings. The highest BCUT2D eigenvalue weighted by Gasteiger charge is 2.07. The molecular formula is C11H15ClO2. The van der Waals surface area contributed by atoms with E-state index < -0.39 is 0 Å². The van der Waals surface area contributed by atoms with Crippen molar-refractivity contribution in [3.05, 3.63) is 35.4 Å². The summed E-state index contributed by atoms with van der Waals surface area (Å²) < 4.78 is 4.98. The predicted molar refractivity (Wildman–Crippen MR) is 57.5 cm³/mol. The highest BCUT2D eigenvalue weighted by molar-refractivity contribution is 6.30. The van der Waals surface area contributed by atoms with E-state index in [1.165, 1.54) is 0 Å². The highest BCUT2D eigenvalue weighted by Crippen LogP contribution is 2.04. The van der Waals surface area contributed by atoms with Gasteiger partial charge in [0, 0.05) is 18.2 Å². The molecule has 0 saturated carbocycles. The van der Waals surface area contributed by atoms with Gasteiger partial charge in [-0.2, -0.15) is 0 Å². The number of halogens is 1. The fraction of sp³-hybridized carbons (Fsp3) is 0.455. The predicted octanol–water partition coefficient (Wildman–Crippen LogP) is 2.50. The second kappa shape index (κ2) is 6.82. The van der Waals surface area contributed by atoms with E-state index in [2.05, 4.69) is 0 Å². The number of benzene rings is 1. The van der Waals surface area contributed by atoms with Crippen LogP contribution in [0.1, 0.15) is 12.8 Å². The second-order valence-corrected chi connectivity index (χ2v) is 3.58. The van der Waals surface area contributed by atoms with Gasteiger partial charge in [-0.25, -0.2) is 0 Å². The lowest BCUT2D eigenvalue weighted by Crippen LogP contribution is -2.19. The third kappa shape index (κ3) is 5.22. The Morgan fingerprint density at radius 3 is 2.00 bits per heavy atom. The molecule has 0 radical (unpaired) electrons. The van der Waals surface area contributed by atoms with Gasteiger partial charge in [0.05, 0.1) is 6.10 Å². The van der Waals surface area contributed by atoms with Gasteiger partial charge in [-0.3, -0.25) is 0 Å². The van der Waals surface area contributed by atoms with Crippen molar-refractivity contribution in [3.8, 4) is 0 Å². The summed E-state index contributed by atoms with van der Waals surface area (Å²) in [6, 6.07) is 9.44. The van der Waals surface area contributed by atoms with Crippen molar-refractivity contribution in [1.82, 2.24) is 0 Å². The second-order valence-electron chi connectivity index (χ2n) is 3.14. The molecule has 2 nitrogen and oxygen atoms in total. The fourth-order valence-electron chi connectivity index (χ4n) is 1.10. The van der Waals surface area contributed by atoms with Gasteiger partial charge < -0.3 is 9.84 Å². The molecule has 0 aliphatic carbocycles. The summed E-state index contributed by atoms with van der Waals surface area (Å²) in [5, 5.41) is 9.62. The summed E-state index contributed by atoms with van der Waals surface area (Å²) in [6.45, 7) is 1.47. The molecule has 2 rings (SSSR count). The summed E-state index contributed by atoms with van der Waals surface area (Å²) >= 11 is 5.54. The van der Waals surface area contributed by atoms with Crippen molar-refractivity contribution < 1.29 is 9.84 Å². The van der Waals surface area contributed by atoms with Crippen LogP contribution < -0.4 is 0 Å². The van der Waals surface area contributed by atoms with Gasteiger partial charge in [-0.05, 0) is 25.0 Å². The van der Waals surface area contributed by atoms with Crippen molar-refractivity contribution >= 4 is 11.6 Å². The average Bonchev–Trinajstić information content (AvgIpc) is 2.21. The minimum Gasteiger partial charge on any atom is -0.393 e. The number of aliphatic hydroxyl groups is 1. The molecule has 0 unspecified atom stereocenters. The number of hydrogen-bond donors (Lipinski definition) is 1. The molecule has 1 heterocycles. The summed E-state index contributed by atoms with van der Waals surface area (Å²) in [7, 11) is 0. The van der Waals surface area contributed by atoms with E-state index in [9.17, 15) is 0 Å². The van der Waals surface area contributed by atoms with Crippen LogP contribution >= 0.6 is 11.6 Å². The third-order valence-corrected chi connectivity index (χ3v) is 2.18. The summed E-state index contributed by atoms with van der Waals surface area (Å²) in [4.78, 5) is 0. The number of aliphatic hydroxyl groups excluding tert-OH is 1. The van der Waals surface area contributed by atoms with E-state index in [1.54, 1.807) is 0 Å². The molecular weight excluding hydrogens is 200 g/mol. The Hall–Kier alpha value is -0.570. The smallest absolute Gasteiger partial charge is 0.0584 e. The third-order valence-electron chi connectivity index (χ3n) is 1.92. The zero-order valence-electron chi connectivity index (χ0n) is 8.03. The average molecular weight is 215 g/mol. The highest BCUT2D eigenvalue weighted by atomic mass is 35.5. The molecule has 1 aliphatic rings. The molecule has 0 atom stereocenters. The lowest BCUT2D eigenvalue weighted by atomic mass is 10.2. The van der Waals surface area contributed by atoms with Crippen LogP contribution in [-0.4, -0.2) is 24.4 Å². The lowest BCUT2D eigenvalue weighted by Gasteiger charge is -2.15. The quantitative estimate of drug-likeness (QED) is 0.719. The molecule has 14 heavy (non-hydrogen) atoms. The monoisotopic (exact) mass is 214 g/mol. The van der Waals surface area contributed by atoms with Gasteiger partial charge >= 0.3 is 0 Å². The summed E-state index contributed by atoms with van der Waals surface area (Å²) in [6.07, 6.45) is 1.55. The van der Waals surface area contributed by atoms with E-state index in [1.807, 2.05) is 30.3 Å². The van der Waals surface area contributed by atoms with Gasteiger partial charge in [0.2, 0.25) is 0 Å². The molecule has 0 bridgehead atoms. The van der Waals surface area contributed by atoms with Gasteiger partial charge in [0.15, 0.2) is 0 Å². The lowest BCUT2D eigenvalue weighted by molar-refractivity contribution is 0.0140.